The molecule has 0 unspecified atom stereocenters. The van der Waals surface area contributed by atoms with Gasteiger partial charge in [-0.3, -0.25) is 14.5 Å². The number of rotatable bonds is 8. The Labute approximate surface area is 204 Å². The van der Waals surface area contributed by atoms with Crippen molar-refractivity contribution in [2.45, 2.75) is 25.8 Å². The number of anilines is 1. The van der Waals surface area contributed by atoms with Gasteiger partial charge in [0, 0.05) is 44.7 Å². The highest BCUT2D eigenvalue weighted by Crippen LogP contribution is 2.38. The van der Waals surface area contributed by atoms with E-state index in [4.69, 9.17) is 25.8 Å². The van der Waals surface area contributed by atoms with E-state index in [0.717, 1.165) is 50.4 Å². The molecule has 2 aliphatic heterocycles. The summed E-state index contributed by atoms with van der Waals surface area (Å²) < 4.78 is 16.7. The lowest BCUT2D eigenvalue weighted by Crippen LogP contribution is -2.38. The monoisotopic (exact) mass is 487 g/mol. The van der Waals surface area contributed by atoms with E-state index in [1.807, 2.05) is 24.3 Å². The van der Waals surface area contributed by atoms with E-state index in [9.17, 15) is 9.59 Å². The first-order valence-electron chi connectivity index (χ1n) is 11.6. The van der Waals surface area contributed by atoms with Crippen LogP contribution in [0.4, 0.5) is 5.69 Å². The lowest BCUT2D eigenvalue weighted by atomic mass is 10.1. The Morgan fingerprint density at radius 1 is 0.971 bits per heavy atom. The highest BCUT2D eigenvalue weighted by Gasteiger charge is 2.17. The molecule has 2 amide bonds. The fraction of sp³-hybridized carbons (Fsp3) is 0.440. The fourth-order valence-electron chi connectivity index (χ4n) is 3.90. The van der Waals surface area contributed by atoms with Crippen molar-refractivity contribution in [3.8, 4) is 11.5 Å². The number of hydrogen-bond donors (Lipinski definition) is 2. The summed E-state index contributed by atoms with van der Waals surface area (Å²) in [5, 5.41) is 6.31. The molecule has 1 fully saturated rings. The van der Waals surface area contributed by atoms with Gasteiger partial charge in [0.1, 0.15) is 0 Å². The summed E-state index contributed by atoms with van der Waals surface area (Å²) in [6, 6.07) is 11.0. The van der Waals surface area contributed by atoms with Crippen LogP contribution in [0.1, 0.15) is 24.0 Å². The van der Waals surface area contributed by atoms with E-state index in [1.54, 1.807) is 12.1 Å². The molecule has 34 heavy (non-hydrogen) atoms. The second kappa shape index (κ2) is 12.1. The molecule has 2 heterocycles. The van der Waals surface area contributed by atoms with E-state index in [-0.39, 0.29) is 18.2 Å². The highest BCUT2D eigenvalue weighted by atomic mass is 35.5. The van der Waals surface area contributed by atoms with Gasteiger partial charge in [-0.15, -0.1) is 0 Å². The van der Waals surface area contributed by atoms with Gasteiger partial charge in [-0.1, -0.05) is 23.7 Å². The maximum absolute atomic E-state index is 12.5. The Hall–Kier alpha value is -2.81. The van der Waals surface area contributed by atoms with Gasteiger partial charge in [-0.05, 0) is 35.4 Å². The van der Waals surface area contributed by atoms with E-state index in [2.05, 4.69) is 15.5 Å². The number of fused-ring (bicyclic) bond motifs is 1. The molecule has 9 heteroatoms. The van der Waals surface area contributed by atoms with Gasteiger partial charge in [0.15, 0.2) is 11.5 Å². The number of benzene rings is 2. The first-order chi connectivity index (χ1) is 16.6. The summed E-state index contributed by atoms with van der Waals surface area (Å²) in [5.74, 6) is 0.946. The summed E-state index contributed by atoms with van der Waals surface area (Å²) in [6.07, 6.45) is 1.39. The summed E-state index contributed by atoms with van der Waals surface area (Å²) in [5.41, 5.74) is 2.37. The van der Waals surface area contributed by atoms with Crippen LogP contribution in [0, 0.1) is 0 Å². The number of ether oxygens (including phenoxy) is 3. The predicted molar refractivity (Wildman–Crippen MR) is 130 cm³/mol. The van der Waals surface area contributed by atoms with Gasteiger partial charge in [-0.25, -0.2) is 0 Å². The Kier molecular flexibility index (Phi) is 8.62. The van der Waals surface area contributed by atoms with Gasteiger partial charge in [-0.2, -0.15) is 0 Å². The molecular formula is C25H30ClN3O5. The number of halogens is 1. The number of nitrogens with zero attached hydrogens (tertiary/aromatic N) is 1. The Bertz CT molecular complexity index is 1010. The number of nitrogens with one attached hydrogen (secondary N) is 2. The maximum atomic E-state index is 12.5. The predicted octanol–water partition coefficient (Wildman–Crippen LogP) is 3.02. The average Bonchev–Trinajstić information content (AvgIpc) is 3.08. The van der Waals surface area contributed by atoms with Crippen LogP contribution in [0.25, 0.3) is 0 Å². The van der Waals surface area contributed by atoms with Crippen LogP contribution in [-0.2, 0) is 27.3 Å². The number of carbonyl (C=O) groups is 2. The minimum atomic E-state index is -0.134. The number of morpholine rings is 1. The van der Waals surface area contributed by atoms with Crippen molar-refractivity contribution < 1.29 is 23.8 Å². The second-order valence-corrected chi connectivity index (χ2v) is 8.77. The minimum absolute atomic E-state index is 0.0287. The van der Waals surface area contributed by atoms with Gasteiger partial charge in [0.2, 0.25) is 11.8 Å². The number of carbonyl (C=O) groups excluding carboxylic acids is 2. The lowest BCUT2D eigenvalue weighted by Gasteiger charge is -2.26. The molecule has 2 aromatic rings. The fourth-order valence-corrected chi connectivity index (χ4v) is 4.19. The largest absolute Gasteiger partial charge is 0.489 e. The Morgan fingerprint density at radius 3 is 2.65 bits per heavy atom. The third kappa shape index (κ3) is 7.09. The average molecular weight is 488 g/mol. The normalized spacial score (nSPS) is 15.9. The summed E-state index contributed by atoms with van der Waals surface area (Å²) in [4.78, 5) is 27.1. The maximum Gasteiger partial charge on any atom is 0.225 e. The number of amides is 2. The first kappa shape index (κ1) is 24.3. The van der Waals surface area contributed by atoms with Crippen LogP contribution < -0.4 is 20.1 Å². The molecule has 0 saturated carbocycles. The van der Waals surface area contributed by atoms with Crippen molar-refractivity contribution in [2.75, 3.05) is 51.4 Å². The second-order valence-electron chi connectivity index (χ2n) is 8.36. The van der Waals surface area contributed by atoms with Crippen LogP contribution in [0.2, 0.25) is 5.02 Å². The van der Waals surface area contributed by atoms with Gasteiger partial charge < -0.3 is 24.8 Å². The van der Waals surface area contributed by atoms with E-state index in [0.29, 0.717) is 48.4 Å². The SMILES string of the molecule is O=C(Cc1cc(Cl)c2c(c1)OCCCO2)NCc1cccc(NC(=O)CCN2CCOCC2)c1. The molecule has 0 spiro atoms. The zero-order valence-corrected chi connectivity index (χ0v) is 19.9. The standard InChI is InChI=1S/C25H30ClN3O5/c26-21-14-19(15-22-25(21)34-10-2-9-33-22)16-24(31)27-17-18-3-1-4-20(13-18)28-23(30)5-6-29-7-11-32-12-8-29/h1,3-4,13-15H,2,5-12,16-17H2,(H,27,31)(H,28,30). The number of hydrogen-bond acceptors (Lipinski definition) is 6. The smallest absolute Gasteiger partial charge is 0.225 e. The molecule has 0 atom stereocenters. The topological polar surface area (TPSA) is 89.1 Å². The molecule has 182 valence electrons. The third-order valence-corrected chi connectivity index (χ3v) is 5.97. The molecule has 2 aromatic carbocycles. The van der Waals surface area contributed by atoms with E-state index < -0.39 is 0 Å². The van der Waals surface area contributed by atoms with Crippen molar-refractivity contribution in [3.05, 3.63) is 52.5 Å². The zero-order chi connectivity index (χ0) is 23.8. The summed E-state index contributed by atoms with van der Waals surface area (Å²) in [6.45, 7) is 5.35. The molecule has 2 N–H and O–H groups in total. The lowest BCUT2D eigenvalue weighted by molar-refractivity contribution is -0.120. The van der Waals surface area contributed by atoms with Crippen molar-refractivity contribution in [2.24, 2.45) is 0 Å². The van der Waals surface area contributed by atoms with E-state index in [1.165, 1.54) is 0 Å². The van der Waals surface area contributed by atoms with Crippen LogP contribution in [0.5, 0.6) is 11.5 Å². The van der Waals surface area contributed by atoms with Gasteiger partial charge >= 0.3 is 0 Å². The Balaban J connectivity index is 1.25. The van der Waals surface area contributed by atoms with Crippen molar-refractivity contribution in [1.29, 1.82) is 0 Å². The van der Waals surface area contributed by atoms with E-state index >= 15 is 0 Å². The molecule has 0 radical (unpaired) electrons. The quantitative estimate of drug-likeness (QED) is 0.595. The summed E-state index contributed by atoms with van der Waals surface area (Å²) >= 11 is 6.32. The third-order valence-electron chi connectivity index (χ3n) is 5.69. The van der Waals surface area contributed by atoms with Crippen LogP contribution in [0.15, 0.2) is 36.4 Å². The first-order valence-corrected chi connectivity index (χ1v) is 12.0. The van der Waals surface area contributed by atoms with Gasteiger partial charge in [0.25, 0.3) is 0 Å². The van der Waals surface area contributed by atoms with Crippen LogP contribution in [-0.4, -0.2) is 62.8 Å². The molecule has 1 saturated heterocycles. The molecule has 4 rings (SSSR count). The molecule has 8 nitrogen and oxygen atoms in total. The molecule has 0 aliphatic carbocycles. The zero-order valence-electron chi connectivity index (χ0n) is 19.1. The van der Waals surface area contributed by atoms with Gasteiger partial charge in [0.05, 0.1) is 37.9 Å². The van der Waals surface area contributed by atoms with Crippen molar-refractivity contribution >= 4 is 29.1 Å². The minimum Gasteiger partial charge on any atom is -0.489 e. The molecule has 0 aromatic heterocycles. The summed E-state index contributed by atoms with van der Waals surface area (Å²) in [7, 11) is 0. The van der Waals surface area contributed by atoms with Crippen molar-refractivity contribution in [1.82, 2.24) is 10.2 Å². The Morgan fingerprint density at radius 2 is 1.79 bits per heavy atom. The van der Waals surface area contributed by atoms with Crippen molar-refractivity contribution in [3.63, 3.8) is 0 Å². The highest BCUT2D eigenvalue weighted by molar-refractivity contribution is 6.32. The molecular weight excluding hydrogens is 458 g/mol. The van der Waals surface area contributed by atoms with Crippen LogP contribution in [0.3, 0.4) is 0 Å². The molecule has 2 aliphatic rings. The molecule has 0 bridgehead atoms. The van der Waals surface area contributed by atoms with Crippen LogP contribution >= 0.6 is 11.6 Å².